The summed E-state index contributed by atoms with van der Waals surface area (Å²) in [6, 6.07) is 7.49. The Morgan fingerprint density at radius 2 is 2.30 bits per heavy atom. The lowest BCUT2D eigenvalue weighted by Crippen LogP contribution is -2.38. The molecular weight excluding hydrogens is 346 g/mol. The molecule has 27 heavy (non-hydrogen) atoms. The van der Waals surface area contributed by atoms with Gasteiger partial charge in [0, 0.05) is 49.1 Å². The fraction of sp³-hybridized carbons (Fsp3) is 0.400. The van der Waals surface area contributed by atoms with E-state index in [2.05, 4.69) is 5.10 Å². The van der Waals surface area contributed by atoms with Gasteiger partial charge in [0.15, 0.2) is 5.76 Å². The van der Waals surface area contributed by atoms with Gasteiger partial charge in [-0.2, -0.15) is 5.10 Å². The van der Waals surface area contributed by atoms with Crippen molar-refractivity contribution in [3.63, 3.8) is 0 Å². The zero-order valence-electron chi connectivity index (χ0n) is 15.6. The van der Waals surface area contributed by atoms with Crippen molar-refractivity contribution < 1.29 is 18.7 Å². The molecule has 1 aliphatic rings. The van der Waals surface area contributed by atoms with Crippen molar-refractivity contribution in [3.8, 4) is 5.75 Å². The number of methoxy groups -OCH3 is 1. The number of aryl methyl sites for hydroxylation is 1. The van der Waals surface area contributed by atoms with Crippen molar-refractivity contribution in [2.75, 3.05) is 26.8 Å². The molecule has 1 aromatic carbocycles. The Hall–Kier alpha value is -2.80. The van der Waals surface area contributed by atoms with E-state index in [4.69, 9.17) is 13.9 Å². The van der Waals surface area contributed by atoms with Crippen LogP contribution in [0.5, 0.6) is 5.75 Å². The van der Waals surface area contributed by atoms with E-state index < -0.39 is 0 Å². The normalized spacial score (nSPS) is 17.9. The number of hydrogen-bond donors (Lipinski definition) is 0. The van der Waals surface area contributed by atoms with Crippen molar-refractivity contribution >= 4 is 16.9 Å². The maximum absolute atomic E-state index is 13.2. The first-order chi connectivity index (χ1) is 13.2. The first-order valence-electron chi connectivity index (χ1n) is 9.11. The highest BCUT2D eigenvalue weighted by Gasteiger charge is 2.28. The second kappa shape index (κ2) is 7.44. The standard InChI is InChI=1S/C20H23N3O4/c1-14-17-6-5-15(25-2)11-18(17)27-19(14)20(24)22-8-4-10-26-16(12-22)13-23-9-3-7-21-23/h3,5-7,9,11,16H,4,8,10,12-13H2,1-2H3/t16-/m0/s1. The molecule has 0 aliphatic carbocycles. The molecule has 0 N–H and O–H groups in total. The number of furan rings is 1. The second-order valence-corrected chi connectivity index (χ2v) is 6.74. The van der Waals surface area contributed by atoms with Crippen LogP contribution in [0.3, 0.4) is 0 Å². The Morgan fingerprint density at radius 1 is 1.41 bits per heavy atom. The molecule has 3 aromatic rings. The van der Waals surface area contributed by atoms with Gasteiger partial charge in [0.2, 0.25) is 0 Å². The Morgan fingerprint density at radius 3 is 3.07 bits per heavy atom. The van der Waals surface area contributed by atoms with Crippen molar-refractivity contribution in [2.45, 2.75) is 26.0 Å². The molecule has 2 aromatic heterocycles. The number of amides is 1. The van der Waals surface area contributed by atoms with Gasteiger partial charge in [0.25, 0.3) is 5.91 Å². The molecule has 7 heteroatoms. The molecule has 0 bridgehead atoms. The predicted molar refractivity (Wildman–Crippen MR) is 100.0 cm³/mol. The third kappa shape index (κ3) is 3.55. The Bertz CT molecular complexity index is 932. The molecule has 1 amide bonds. The summed E-state index contributed by atoms with van der Waals surface area (Å²) in [5, 5.41) is 5.16. The number of nitrogens with zero attached hydrogens (tertiary/aromatic N) is 3. The van der Waals surface area contributed by atoms with Crippen molar-refractivity contribution in [2.24, 2.45) is 0 Å². The predicted octanol–water partition coefficient (Wildman–Crippen LogP) is 2.88. The van der Waals surface area contributed by atoms with Gasteiger partial charge in [0.05, 0.1) is 19.8 Å². The van der Waals surface area contributed by atoms with Crippen molar-refractivity contribution in [1.82, 2.24) is 14.7 Å². The molecule has 1 fully saturated rings. The van der Waals surface area contributed by atoms with E-state index in [0.29, 0.717) is 43.3 Å². The highest BCUT2D eigenvalue weighted by molar-refractivity contribution is 5.99. The molecular formula is C20H23N3O4. The Kier molecular flexibility index (Phi) is 4.85. The van der Waals surface area contributed by atoms with Crippen molar-refractivity contribution in [3.05, 3.63) is 48.0 Å². The molecule has 0 saturated carbocycles. The van der Waals surface area contributed by atoms with E-state index in [-0.39, 0.29) is 12.0 Å². The summed E-state index contributed by atoms with van der Waals surface area (Å²) in [6.07, 6.45) is 4.35. The van der Waals surface area contributed by atoms with Gasteiger partial charge in [-0.1, -0.05) is 0 Å². The smallest absolute Gasteiger partial charge is 0.289 e. The SMILES string of the molecule is COc1ccc2c(C)c(C(=O)N3CCCO[C@H](Cn4cccn4)C3)oc2c1. The first-order valence-corrected chi connectivity index (χ1v) is 9.11. The molecule has 142 valence electrons. The van der Waals surface area contributed by atoms with Gasteiger partial charge in [-0.25, -0.2) is 0 Å². The summed E-state index contributed by atoms with van der Waals surface area (Å²) in [7, 11) is 1.61. The number of carbonyl (C=O) groups excluding carboxylic acids is 1. The summed E-state index contributed by atoms with van der Waals surface area (Å²) in [5.74, 6) is 0.995. The van der Waals surface area contributed by atoms with Crippen LogP contribution in [-0.4, -0.2) is 53.5 Å². The van der Waals surface area contributed by atoms with Crippen LogP contribution in [0, 0.1) is 6.92 Å². The molecule has 4 rings (SSSR count). The Balaban J connectivity index is 1.57. The van der Waals surface area contributed by atoms with E-state index in [1.165, 1.54) is 0 Å². The first kappa shape index (κ1) is 17.6. The summed E-state index contributed by atoms with van der Waals surface area (Å²) < 4.78 is 18.9. The van der Waals surface area contributed by atoms with Gasteiger partial charge >= 0.3 is 0 Å². The molecule has 1 saturated heterocycles. The summed E-state index contributed by atoms with van der Waals surface area (Å²) in [6.45, 7) is 4.33. The minimum absolute atomic E-state index is 0.0962. The van der Waals surface area contributed by atoms with Crippen LogP contribution in [0.15, 0.2) is 41.1 Å². The van der Waals surface area contributed by atoms with Crippen LogP contribution in [0.4, 0.5) is 0 Å². The minimum atomic E-state index is -0.0985. The fourth-order valence-electron chi connectivity index (χ4n) is 3.49. The number of benzene rings is 1. The zero-order chi connectivity index (χ0) is 18.8. The van der Waals surface area contributed by atoms with E-state index in [1.54, 1.807) is 13.3 Å². The van der Waals surface area contributed by atoms with E-state index in [9.17, 15) is 4.79 Å². The van der Waals surface area contributed by atoms with Gasteiger partial charge in [-0.3, -0.25) is 9.48 Å². The van der Waals surface area contributed by atoms with Crippen LogP contribution in [0.1, 0.15) is 22.5 Å². The lowest BCUT2D eigenvalue weighted by atomic mass is 10.1. The summed E-state index contributed by atoms with van der Waals surface area (Å²) >= 11 is 0. The quantitative estimate of drug-likeness (QED) is 0.707. The maximum atomic E-state index is 13.2. The third-order valence-corrected chi connectivity index (χ3v) is 4.93. The molecule has 0 radical (unpaired) electrons. The number of hydrogen-bond acceptors (Lipinski definition) is 5. The van der Waals surface area contributed by atoms with Crippen LogP contribution in [-0.2, 0) is 11.3 Å². The topological polar surface area (TPSA) is 69.7 Å². The minimum Gasteiger partial charge on any atom is -0.497 e. The van der Waals surface area contributed by atoms with Crippen LogP contribution >= 0.6 is 0 Å². The van der Waals surface area contributed by atoms with Gasteiger partial charge in [-0.15, -0.1) is 0 Å². The third-order valence-electron chi connectivity index (χ3n) is 4.93. The van der Waals surface area contributed by atoms with Crippen LogP contribution in [0.25, 0.3) is 11.0 Å². The van der Waals surface area contributed by atoms with Gasteiger partial charge in [0.1, 0.15) is 11.3 Å². The fourth-order valence-corrected chi connectivity index (χ4v) is 3.49. The molecule has 0 spiro atoms. The average molecular weight is 369 g/mol. The monoisotopic (exact) mass is 369 g/mol. The lowest BCUT2D eigenvalue weighted by Gasteiger charge is -2.23. The number of carbonyl (C=O) groups is 1. The lowest BCUT2D eigenvalue weighted by molar-refractivity contribution is 0.0358. The Labute approximate surface area is 157 Å². The highest BCUT2D eigenvalue weighted by Crippen LogP contribution is 2.29. The number of rotatable bonds is 4. The highest BCUT2D eigenvalue weighted by atomic mass is 16.5. The second-order valence-electron chi connectivity index (χ2n) is 6.74. The molecule has 1 atom stereocenters. The van der Waals surface area contributed by atoms with Crippen molar-refractivity contribution in [1.29, 1.82) is 0 Å². The van der Waals surface area contributed by atoms with E-state index >= 15 is 0 Å². The number of fused-ring (bicyclic) bond motifs is 1. The summed E-state index contributed by atoms with van der Waals surface area (Å²) in [5.41, 5.74) is 1.51. The molecule has 0 unspecified atom stereocenters. The zero-order valence-corrected chi connectivity index (χ0v) is 15.6. The maximum Gasteiger partial charge on any atom is 0.289 e. The average Bonchev–Trinajstić information content (AvgIpc) is 3.23. The number of ether oxygens (including phenoxy) is 2. The van der Waals surface area contributed by atoms with Gasteiger partial charge in [-0.05, 0) is 31.5 Å². The largest absolute Gasteiger partial charge is 0.497 e. The molecule has 3 heterocycles. The molecule has 7 nitrogen and oxygen atoms in total. The summed E-state index contributed by atoms with van der Waals surface area (Å²) in [4.78, 5) is 15.0. The van der Waals surface area contributed by atoms with E-state index in [1.807, 2.05) is 47.0 Å². The molecule has 1 aliphatic heterocycles. The number of aromatic nitrogens is 2. The van der Waals surface area contributed by atoms with Crippen LogP contribution < -0.4 is 4.74 Å². The van der Waals surface area contributed by atoms with Gasteiger partial charge < -0.3 is 18.8 Å². The van der Waals surface area contributed by atoms with Crippen LogP contribution in [0.2, 0.25) is 0 Å². The van der Waals surface area contributed by atoms with E-state index in [0.717, 1.165) is 17.4 Å².